The molecule has 5 heteroatoms. The summed E-state index contributed by atoms with van der Waals surface area (Å²) in [5.74, 6) is 1.66. The van der Waals surface area contributed by atoms with Gasteiger partial charge in [0, 0.05) is 17.3 Å². The Hall–Kier alpha value is -2.01. The normalized spacial score (nSPS) is 13.6. The Morgan fingerprint density at radius 1 is 1.21 bits per heavy atom. The molecular formula is C19H23NO3S. The first-order chi connectivity index (χ1) is 11.7. The van der Waals surface area contributed by atoms with Gasteiger partial charge in [0.05, 0.1) is 20.8 Å². The highest BCUT2D eigenvalue weighted by molar-refractivity contribution is 7.09. The minimum Gasteiger partial charge on any atom is -0.493 e. The Morgan fingerprint density at radius 3 is 2.62 bits per heavy atom. The molecule has 0 spiro atoms. The van der Waals surface area contributed by atoms with E-state index in [4.69, 9.17) is 9.47 Å². The summed E-state index contributed by atoms with van der Waals surface area (Å²) < 4.78 is 10.6. The van der Waals surface area contributed by atoms with Crippen LogP contribution in [0.2, 0.25) is 0 Å². The van der Waals surface area contributed by atoms with Crippen molar-refractivity contribution in [3.8, 4) is 11.5 Å². The molecule has 0 unspecified atom stereocenters. The number of ether oxygens (including phenoxy) is 2. The predicted molar refractivity (Wildman–Crippen MR) is 95.8 cm³/mol. The summed E-state index contributed by atoms with van der Waals surface area (Å²) in [6.45, 7) is 0.743. The molecule has 0 saturated heterocycles. The fraction of sp³-hybridized carbons (Fsp3) is 0.421. The molecule has 1 fully saturated rings. The average molecular weight is 345 g/mol. The Morgan fingerprint density at radius 2 is 2.00 bits per heavy atom. The molecule has 24 heavy (non-hydrogen) atoms. The van der Waals surface area contributed by atoms with Crippen LogP contribution in [0.1, 0.15) is 29.7 Å². The Bertz CT molecular complexity index is 680. The average Bonchev–Trinajstić information content (AvgIpc) is 3.32. The first-order valence-corrected chi connectivity index (χ1v) is 9.12. The van der Waals surface area contributed by atoms with E-state index in [9.17, 15) is 4.79 Å². The molecule has 1 aliphatic carbocycles. The van der Waals surface area contributed by atoms with E-state index in [0.29, 0.717) is 30.4 Å². The molecule has 0 atom stereocenters. The van der Waals surface area contributed by atoms with Gasteiger partial charge in [-0.2, -0.15) is 0 Å². The number of thiophene rings is 1. The lowest BCUT2D eigenvalue weighted by molar-refractivity contribution is -0.132. The van der Waals surface area contributed by atoms with Crippen LogP contribution >= 0.6 is 11.3 Å². The largest absolute Gasteiger partial charge is 0.493 e. The number of hydrogen-bond donors (Lipinski definition) is 0. The lowest BCUT2D eigenvalue weighted by Gasteiger charge is -2.22. The lowest BCUT2D eigenvalue weighted by Crippen LogP contribution is -2.32. The Balaban J connectivity index is 1.61. The van der Waals surface area contributed by atoms with Crippen LogP contribution in [-0.2, 0) is 17.8 Å². The molecule has 0 bridgehead atoms. The van der Waals surface area contributed by atoms with Crippen LogP contribution in [0.15, 0.2) is 35.7 Å². The molecule has 3 rings (SSSR count). The molecule has 0 N–H and O–H groups in total. The van der Waals surface area contributed by atoms with Gasteiger partial charge in [-0.05, 0) is 48.4 Å². The summed E-state index contributed by atoms with van der Waals surface area (Å²) in [7, 11) is 3.25. The van der Waals surface area contributed by atoms with E-state index in [1.165, 1.54) is 4.88 Å². The molecule has 1 saturated carbocycles. The Labute approximate surface area is 147 Å². The highest BCUT2D eigenvalue weighted by Crippen LogP contribution is 2.31. The van der Waals surface area contributed by atoms with Crippen molar-refractivity contribution in [2.24, 2.45) is 0 Å². The van der Waals surface area contributed by atoms with Gasteiger partial charge in [-0.1, -0.05) is 12.1 Å². The summed E-state index contributed by atoms with van der Waals surface area (Å²) in [5.41, 5.74) is 1.09. The number of aryl methyl sites for hydroxylation is 1. The van der Waals surface area contributed by atoms with Crippen LogP contribution in [0.5, 0.6) is 11.5 Å². The number of benzene rings is 1. The maximum Gasteiger partial charge on any atom is 0.223 e. The SMILES string of the molecule is COc1ccc(CCC(=O)N(Cc2cccs2)C2CC2)cc1OC. The Kier molecular flexibility index (Phi) is 5.41. The number of nitrogens with zero attached hydrogens (tertiary/aromatic N) is 1. The van der Waals surface area contributed by atoms with E-state index in [2.05, 4.69) is 11.4 Å². The molecule has 1 amide bonds. The van der Waals surface area contributed by atoms with Crippen molar-refractivity contribution in [3.05, 3.63) is 46.2 Å². The van der Waals surface area contributed by atoms with Crippen LogP contribution in [0.4, 0.5) is 0 Å². The summed E-state index contributed by atoms with van der Waals surface area (Å²) in [6, 6.07) is 10.4. The van der Waals surface area contributed by atoms with Gasteiger partial charge in [-0.25, -0.2) is 0 Å². The van der Waals surface area contributed by atoms with Crippen molar-refractivity contribution in [3.63, 3.8) is 0 Å². The van der Waals surface area contributed by atoms with Gasteiger partial charge in [0.25, 0.3) is 0 Å². The molecule has 1 aliphatic rings. The zero-order chi connectivity index (χ0) is 16.9. The van der Waals surface area contributed by atoms with Gasteiger partial charge < -0.3 is 14.4 Å². The third-order valence-electron chi connectivity index (χ3n) is 4.29. The minimum atomic E-state index is 0.237. The highest BCUT2D eigenvalue weighted by atomic mass is 32.1. The summed E-state index contributed by atoms with van der Waals surface area (Å²) in [6.07, 6.45) is 3.51. The number of methoxy groups -OCH3 is 2. The lowest BCUT2D eigenvalue weighted by atomic mass is 10.1. The quantitative estimate of drug-likeness (QED) is 0.728. The topological polar surface area (TPSA) is 38.8 Å². The van der Waals surface area contributed by atoms with Crippen molar-refractivity contribution in [2.75, 3.05) is 14.2 Å². The van der Waals surface area contributed by atoms with Gasteiger partial charge in [-0.3, -0.25) is 4.79 Å². The van der Waals surface area contributed by atoms with Gasteiger partial charge in [0.1, 0.15) is 0 Å². The molecule has 2 aromatic rings. The van der Waals surface area contributed by atoms with Crippen molar-refractivity contribution in [1.29, 1.82) is 0 Å². The van der Waals surface area contributed by atoms with Crippen LogP contribution < -0.4 is 9.47 Å². The second kappa shape index (κ2) is 7.71. The maximum atomic E-state index is 12.7. The minimum absolute atomic E-state index is 0.237. The highest BCUT2D eigenvalue weighted by Gasteiger charge is 2.32. The van der Waals surface area contributed by atoms with E-state index >= 15 is 0 Å². The third-order valence-corrected chi connectivity index (χ3v) is 5.15. The number of hydrogen-bond acceptors (Lipinski definition) is 4. The number of rotatable bonds is 8. The molecule has 0 aliphatic heterocycles. The third kappa shape index (κ3) is 4.09. The molecule has 1 aromatic heterocycles. The standard InChI is InChI=1S/C19H23NO3S/c1-22-17-9-5-14(12-18(17)23-2)6-10-19(21)20(15-7-8-15)13-16-4-3-11-24-16/h3-5,9,11-12,15H,6-8,10,13H2,1-2H3. The summed E-state index contributed by atoms with van der Waals surface area (Å²) in [4.78, 5) is 16.0. The second-order valence-electron chi connectivity index (χ2n) is 6.02. The van der Waals surface area contributed by atoms with E-state index in [-0.39, 0.29) is 5.91 Å². The van der Waals surface area contributed by atoms with E-state index in [0.717, 1.165) is 24.9 Å². The van der Waals surface area contributed by atoms with Crippen molar-refractivity contribution < 1.29 is 14.3 Å². The van der Waals surface area contributed by atoms with Crippen molar-refractivity contribution in [1.82, 2.24) is 4.90 Å². The number of carbonyl (C=O) groups is 1. The van der Waals surface area contributed by atoms with E-state index in [1.54, 1.807) is 25.6 Å². The molecule has 0 radical (unpaired) electrons. The second-order valence-corrected chi connectivity index (χ2v) is 7.05. The van der Waals surface area contributed by atoms with Crippen molar-refractivity contribution >= 4 is 17.2 Å². The van der Waals surface area contributed by atoms with Gasteiger partial charge in [0.2, 0.25) is 5.91 Å². The number of carbonyl (C=O) groups excluding carboxylic acids is 1. The molecule has 1 heterocycles. The van der Waals surface area contributed by atoms with Gasteiger partial charge in [0.15, 0.2) is 11.5 Å². The summed E-state index contributed by atoms with van der Waals surface area (Å²) in [5, 5.41) is 2.06. The van der Waals surface area contributed by atoms with E-state index in [1.807, 2.05) is 29.2 Å². The zero-order valence-corrected chi connectivity index (χ0v) is 15.0. The monoisotopic (exact) mass is 345 g/mol. The number of amides is 1. The fourth-order valence-electron chi connectivity index (χ4n) is 2.81. The smallest absolute Gasteiger partial charge is 0.223 e. The van der Waals surface area contributed by atoms with Crippen LogP contribution in [0.25, 0.3) is 0 Å². The van der Waals surface area contributed by atoms with Crippen LogP contribution in [-0.4, -0.2) is 31.1 Å². The van der Waals surface area contributed by atoms with Gasteiger partial charge in [-0.15, -0.1) is 11.3 Å². The molecule has 1 aromatic carbocycles. The molecule has 4 nitrogen and oxygen atoms in total. The maximum absolute atomic E-state index is 12.7. The molecular weight excluding hydrogens is 322 g/mol. The zero-order valence-electron chi connectivity index (χ0n) is 14.2. The summed E-state index contributed by atoms with van der Waals surface area (Å²) >= 11 is 1.71. The predicted octanol–water partition coefficient (Wildman–Crippen LogP) is 3.89. The fourth-order valence-corrected chi connectivity index (χ4v) is 3.51. The van der Waals surface area contributed by atoms with Crippen molar-refractivity contribution in [2.45, 2.75) is 38.3 Å². The first-order valence-electron chi connectivity index (χ1n) is 8.24. The van der Waals surface area contributed by atoms with Crippen LogP contribution in [0, 0.1) is 0 Å². The van der Waals surface area contributed by atoms with Crippen LogP contribution in [0.3, 0.4) is 0 Å². The van der Waals surface area contributed by atoms with Gasteiger partial charge >= 0.3 is 0 Å². The van der Waals surface area contributed by atoms with E-state index < -0.39 is 0 Å². The first kappa shape index (κ1) is 16.8. The molecule has 128 valence electrons.